The van der Waals surface area contributed by atoms with Gasteiger partial charge in [0.2, 0.25) is 0 Å². The summed E-state index contributed by atoms with van der Waals surface area (Å²) in [5, 5.41) is 0. The van der Waals surface area contributed by atoms with Crippen LogP contribution in [0.25, 0.3) is 0 Å². The van der Waals surface area contributed by atoms with Crippen molar-refractivity contribution in [1.82, 2.24) is 0 Å². The van der Waals surface area contributed by atoms with Crippen LogP contribution in [0.5, 0.6) is 0 Å². The molecule has 0 unspecified atom stereocenters. The third kappa shape index (κ3) is 3.72. The van der Waals surface area contributed by atoms with Crippen LogP contribution in [0.1, 0.15) is 0 Å². The second-order valence-corrected chi connectivity index (χ2v) is 11.9. The van der Waals surface area contributed by atoms with E-state index >= 15 is 0 Å². The molecule has 0 aliphatic carbocycles. The molecule has 110 valence electrons. The van der Waals surface area contributed by atoms with Gasteiger partial charge in [-0.3, -0.25) is 0 Å². The summed E-state index contributed by atoms with van der Waals surface area (Å²) in [4.78, 5) is -5.91. The fourth-order valence-corrected chi connectivity index (χ4v) is 4.74. The van der Waals surface area contributed by atoms with E-state index in [-0.39, 0.29) is 12.1 Å². The van der Waals surface area contributed by atoms with Crippen LogP contribution in [0.2, 0.25) is 0 Å². The molecule has 0 nitrogen and oxygen atoms in total. The fraction of sp³-hybridized carbons (Fsp3) is 0. The molecule has 12 heteroatoms. The summed E-state index contributed by atoms with van der Waals surface area (Å²) in [7, 11) is -12.0. The van der Waals surface area contributed by atoms with E-state index in [4.69, 9.17) is 0 Å². The Hall–Kier alpha value is -0.0600. The van der Waals surface area contributed by atoms with Crippen LogP contribution in [0.3, 0.4) is 0 Å². The van der Waals surface area contributed by atoms with E-state index in [1.54, 1.807) is 0 Å². The van der Waals surface area contributed by atoms with Crippen molar-refractivity contribution in [2.24, 2.45) is 0 Å². The maximum Gasteiger partial charge on any atom is 0.255 e. The second kappa shape index (κ2) is 2.70. The van der Waals surface area contributed by atoms with Crippen LogP contribution in [-0.4, -0.2) is 0 Å². The van der Waals surface area contributed by atoms with Gasteiger partial charge in [0.15, 0.2) is 0 Å². The number of halogens is 10. The smallest absolute Gasteiger partial charge is 0.107 e. The van der Waals surface area contributed by atoms with Gasteiger partial charge in [-0.15, -0.1) is 31.1 Å². The van der Waals surface area contributed by atoms with E-state index in [1.165, 1.54) is 0 Å². The molecule has 0 N–H and O–H groups in total. The number of hydrogen-bond acceptors (Lipinski definition) is 0. The maximum atomic E-state index is 12.8. The Morgan fingerprint density at radius 1 is 0.611 bits per heavy atom. The Kier molecular flexibility index (Phi) is 2.40. The summed E-state index contributed by atoms with van der Waals surface area (Å²) in [6.45, 7) is 0. The highest BCUT2D eigenvalue weighted by Crippen LogP contribution is 3.11. The highest BCUT2D eigenvalue weighted by molar-refractivity contribution is 8.68. The summed E-state index contributed by atoms with van der Waals surface area (Å²) in [6, 6.07) is 0.231. The van der Waals surface area contributed by atoms with Crippen LogP contribution < -0.4 is 0 Å². The van der Waals surface area contributed by atoms with Gasteiger partial charge in [-0.05, 0) is 12.1 Å². The summed E-state index contributed by atoms with van der Waals surface area (Å²) in [6.07, 6.45) is 0. The van der Waals surface area contributed by atoms with Crippen LogP contribution in [0, 0.1) is 0 Å². The Morgan fingerprint density at radius 3 is 1.00 bits per heavy atom. The van der Waals surface area contributed by atoms with Gasteiger partial charge < -0.3 is 0 Å². The number of rotatable bonds is 2. The molecule has 1 aromatic carbocycles. The predicted molar refractivity (Wildman–Crippen MR) is 58.7 cm³/mol. The van der Waals surface area contributed by atoms with Crippen molar-refractivity contribution in [2.75, 3.05) is 0 Å². The zero-order valence-corrected chi connectivity index (χ0v) is 11.1. The summed E-state index contributed by atoms with van der Waals surface area (Å²) in [5.41, 5.74) is 0. The molecular formula is C6H4Cl2F8S2. The average Bonchev–Trinajstić information content (AvgIpc) is 1.96. The van der Waals surface area contributed by atoms with Crippen molar-refractivity contribution in [1.29, 1.82) is 0 Å². The Bertz CT molecular complexity index is 464. The van der Waals surface area contributed by atoms with E-state index in [1.807, 2.05) is 0 Å². The van der Waals surface area contributed by atoms with Gasteiger partial charge in [0.05, 0.1) is 0 Å². The van der Waals surface area contributed by atoms with E-state index in [9.17, 15) is 31.1 Å². The van der Waals surface area contributed by atoms with Gasteiger partial charge in [-0.2, -0.15) is 0 Å². The quantitative estimate of drug-likeness (QED) is 0.476. The van der Waals surface area contributed by atoms with E-state index in [0.29, 0.717) is 12.1 Å². The third-order valence-corrected chi connectivity index (χ3v) is 5.18. The van der Waals surface area contributed by atoms with Crippen molar-refractivity contribution in [2.45, 2.75) is 9.79 Å². The predicted octanol–water partition coefficient (Wildman–Crippen LogP) is 7.54. The second-order valence-electron chi connectivity index (χ2n) is 3.38. The van der Waals surface area contributed by atoms with Crippen molar-refractivity contribution < 1.29 is 31.1 Å². The molecule has 0 spiro atoms. The molecule has 0 bridgehead atoms. The first-order chi connectivity index (χ1) is 7.20. The highest BCUT2D eigenvalue weighted by Gasteiger charge is 2.72. The van der Waals surface area contributed by atoms with Gasteiger partial charge in [-0.1, -0.05) is 12.1 Å². The van der Waals surface area contributed by atoms with Crippen LogP contribution >= 0.6 is 39.5 Å². The lowest BCUT2D eigenvalue weighted by Gasteiger charge is -2.49. The Labute approximate surface area is 105 Å². The van der Waals surface area contributed by atoms with Gasteiger partial charge in [0.25, 0.3) is 18.1 Å². The van der Waals surface area contributed by atoms with Crippen molar-refractivity contribution >= 4 is 39.5 Å². The largest absolute Gasteiger partial charge is 0.255 e. The topological polar surface area (TPSA) is 0 Å². The average molecular weight is 363 g/mol. The normalized spacial score (nSPS) is 21.4. The maximum absolute atomic E-state index is 12.8. The monoisotopic (exact) mass is 362 g/mol. The third-order valence-electron chi connectivity index (χ3n) is 1.68. The minimum absolute atomic E-state index is 0.315. The molecule has 1 aromatic rings. The molecule has 0 amide bonds. The molecule has 0 heterocycles. The summed E-state index contributed by atoms with van der Waals surface area (Å²) < 4.78 is 102. The first-order valence-electron chi connectivity index (χ1n) is 3.78. The van der Waals surface area contributed by atoms with Gasteiger partial charge in [-0.25, -0.2) is 0 Å². The first kappa shape index (κ1) is 16.0. The number of hydrogen-bond donors (Lipinski definition) is 0. The van der Waals surface area contributed by atoms with Gasteiger partial charge in [0, 0.05) is 21.4 Å². The highest BCUT2D eigenvalue weighted by atomic mass is 35.7. The van der Waals surface area contributed by atoms with Crippen molar-refractivity contribution in [3.05, 3.63) is 24.3 Å². The lowest BCUT2D eigenvalue weighted by molar-refractivity contribution is 0.451. The number of benzene rings is 1. The molecule has 0 atom stereocenters. The summed E-state index contributed by atoms with van der Waals surface area (Å²) >= 11 is 0. The van der Waals surface area contributed by atoms with Crippen molar-refractivity contribution in [3.8, 4) is 0 Å². The molecular weight excluding hydrogens is 359 g/mol. The van der Waals surface area contributed by atoms with E-state index < -0.39 is 27.9 Å². The lowest BCUT2D eigenvalue weighted by Crippen LogP contribution is -2.14. The molecule has 1 rings (SSSR count). The zero-order chi connectivity index (χ0) is 14.8. The molecule has 0 radical (unpaired) electrons. The Balaban J connectivity index is 3.89. The SMILES string of the molecule is FS(F)(F)(F)(Cl)c1ccccc1S(F)(F)(F)(F)Cl. The van der Waals surface area contributed by atoms with Crippen molar-refractivity contribution in [3.63, 3.8) is 0 Å². The van der Waals surface area contributed by atoms with Crippen LogP contribution in [0.4, 0.5) is 31.1 Å². The molecule has 18 heavy (non-hydrogen) atoms. The molecule has 0 aromatic heterocycles. The summed E-state index contributed by atoms with van der Waals surface area (Å²) in [5.74, 6) is 0. The minimum atomic E-state index is -9.74. The fourth-order valence-electron chi connectivity index (χ4n) is 1.09. The molecule has 0 saturated heterocycles. The lowest BCUT2D eigenvalue weighted by atomic mass is 10.4. The zero-order valence-electron chi connectivity index (χ0n) is 7.91. The van der Waals surface area contributed by atoms with Crippen LogP contribution in [-0.2, 0) is 0 Å². The van der Waals surface area contributed by atoms with Crippen LogP contribution in [0.15, 0.2) is 34.1 Å². The standard InChI is InChI=1S/C6H4Cl2F8S2/c7-17(9,10,11,12)5-3-1-2-4-6(5)18(8,13,14,15)16/h1-4H. The molecule has 0 fully saturated rings. The minimum Gasteiger partial charge on any atom is -0.107 e. The van der Waals surface area contributed by atoms with Gasteiger partial charge in [0.1, 0.15) is 9.79 Å². The van der Waals surface area contributed by atoms with E-state index in [0.717, 1.165) is 0 Å². The molecule has 0 aliphatic rings. The molecule has 0 saturated carbocycles. The van der Waals surface area contributed by atoms with Gasteiger partial charge >= 0.3 is 0 Å². The van der Waals surface area contributed by atoms with E-state index in [2.05, 4.69) is 21.4 Å². The Morgan fingerprint density at radius 2 is 0.833 bits per heavy atom. The molecule has 0 aliphatic heterocycles. The first-order valence-corrected chi connectivity index (χ1v) is 9.53.